The lowest BCUT2D eigenvalue weighted by Crippen LogP contribution is -2.32. The summed E-state index contributed by atoms with van der Waals surface area (Å²) in [5.41, 5.74) is 2.83. The van der Waals surface area contributed by atoms with Crippen molar-refractivity contribution in [1.29, 1.82) is 0 Å². The van der Waals surface area contributed by atoms with Gasteiger partial charge in [0.25, 0.3) is 0 Å². The second-order valence-electron chi connectivity index (χ2n) is 6.53. The Kier molecular flexibility index (Phi) is 6.57. The monoisotopic (exact) mass is 405 g/mol. The van der Waals surface area contributed by atoms with E-state index in [4.69, 9.17) is 9.94 Å². The van der Waals surface area contributed by atoms with Crippen LogP contribution in [0.3, 0.4) is 0 Å². The fraction of sp³-hybridized carbons (Fsp3) is 0.400. The van der Waals surface area contributed by atoms with Crippen molar-refractivity contribution in [2.45, 2.75) is 43.8 Å². The van der Waals surface area contributed by atoms with Gasteiger partial charge in [-0.05, 0) is 60.6 Å². The first-order chi connectivity index (χ1) is 13.1. The summed E-state index contributed by atoms with van der Waals surface area (Å²) in [6, 6.07) is 11.6. The zero-order valence-electron chi connectivity index (χ0n) is 15.2. The molecule has 3 rings (SSSR count). The van der Waals surface area contributed by atoms with Crippen LogP contribution >= 0.6 is 23.1 Å². The van der Waals surface area contributed by atoms with Gasteiger partial charge in [0.05, 0.1) is 4.75 Å². The van der Waals surface area contributed by atoms with E-state index in [1.54, 1.807) is 35.9 Å². The van der Waals surface area contributed by atoms with Gasteiger partial charge in [-0.3, -0.25) is 14.8 Å². The minimum atomic E-state index is -0.346. The number of thioether (sulfide) groups is 1. The maximum Gasteiger partial charge on any atom is 0.310 e. The molecule has 2 aromatic rings. The number of hydroxylamine groups is 1. The Morgan fingerprint density at radius 3 is 2.59 bits per heavy atom. The summed E-state index contributed by atoms with van der Waals surface area (Å²) in [6.45, 7) is 1.76. The number of nitrogens with one attached hydrogen (secondary N) is 1. The Bertz CT molecular complexity index is 795. The minimum absolute atomic E-state index is 0.250. The highest BCUT2D eigenvalue weighted by Crippen LogP contribution is 2.50. The number of benzene rings is 1. The van der Waals surface area contributed by atoms with E-state index in [0.29, 0.717) is 12.2 Å². The molecule has 0 unspecified atom stereocenters. The van der Waals surface area contributed by atoms with Gasteiger partial charge in [0.1, 0.15) is 5.75 Å². The predicted molar refractivity (Wildman–Crippen MR) is 108 cm³/mol. The fourth-order valence-electron chi connectivity index (χ4n) is 3.20. The van der Waals surface area contributed by atoms with Crippen LogP contribution in [0.4, 0.5) is 0 Å². The van der Waals surface area contributed by atoms with Crippen LogP contribution in [0.2, 0.25) is 0 Å². The second kappa shape index (κ2) is 8.91. The van der Waals surface area contributed by atoms with E-state index < -0.39 is 0 Å². The van der Waals surface area contributed by atoms with Crippen molar-refractivity contribution in [3.8, 4) is 16.2 Å². The molecule has 5 nitrogen and oxygen atoms in total. The van der Waals surface area contributed by atoms with Crippen molar-refractivity contribution in [1.82, 2.24) is 5.48 Å². The lowest BCUT2D eigenvalue weighted by molar-refractivity contribution is -0.134. The van der Waals surface area contributed by atoms with Crippen LogP contribution in [0.25, 0.3) is 10.4 Å². The number of amides is 1. The molecule has 1 saturated heterocycles. The van der Waals surface area contributed by atoms with Gasteiger partial charge in [-0.15, -0.1) is 23.1 Å². The van der Waals surface area contributed by atoms with E-state index in [1.165, 1.54) is 0 Å². The molecule has 1 atom stereocenters. The summed E-state index contributed by atoms with van der Waals surface area (Å²) in [7, 11) is 0. The van der Waals surface area contributed by atoms with E-state index in [1.807, 2.05) is 23.9 Å². The van der Waals surface area contributed by atoms with Gasteiger partial charge >= 0.3 is 5.97 Å². The third-order valence-corrected chi connectivity index (χ3v) is 7.72. The first kappa shape index (κ1) is 19.9. The maximum absolute atomic E-state index is 11.9. The maximum atomic E-state index is 11.9. The van der Waals surface area contributed by atoms with Crippen molar-refractivity contribution < 1.29 is 19.5 Å². The number of ether oxygens (including phenoxy) is 1. The molecular formula is C20H23NO4S2. The van der Waals surface area contributed by atoms with Gasteiger partial charge in [-0.25, -0.2) is 5.48 Å². The van der Waals surface area contributed by atoms with E-state index in [-0.39, 0.29) is 23.0 Å². The smallest absolute Gasteiger partial charge is 0.310 e. The summed E-state index contributed by atoms with van der Waals surface area (Å²) in [6.07, 6.45) is 3.79. The van der Waals surface area contributed by atoms with E-state index >= 15 is 0 Å². The lowest BCUT2D eigenvalue weighted by atomic mass is 9.94. The average molecular weight is 406 g/mol. The molecule has 1 aromatic carbocycles. The van der Waals surface area contributed by atoms with E-state index in [0.717, 1.165) is 40.3 Å². The molecule has 1 fully saturated rings. The van der Waals surface area contributed by atoms with Crippen LogP contribution in [0.15, 0.2) is 36.4 Å². The molecule has 27 heavy (non-hydrogen) atoms. The predicted octanol–water partition coefficient (Wildman–Crippen LogP) is 4.74. The normalized spacial score (nSPS) is 19.5. The Labute approximate surface area is 167 Å². The molecule has 0 spiro atoms. The molecule has 1 aliphatic heterocycles. The van der Waals surface area contributed by atoms with E-state index in [2.05, 4.69) is 12.1 Å². The van der Waals surface area contributed by atoms with Crippen LogP contribution in [0, 0.1) is 0 Å². The van der Waals surface area contributed by atoms with Gasteiger partial charge < -0.3 is 4.74 Å². The lowest BCUT2D eigenvalue weighted by Gasteiger charge is -2.35. The van der Waals surface area contributed by atoms with Crippen LogP contribution in [-0.2, 0) is 14.3 Å². The summed E-state index contributed by atoms with van der Waals surface area (Å²) in [4.78, 5) is 25.5. The molecule has 2 N–H and O–H groups in total. The first-order valence-electron chi connectivity index (χ1n) is 9.04. The van der Waals surface area contributed by atoms with Crippen molar-refractivity contribution >= 4 is 35.0 Å². The molecule has 0 aliphatic carbocycles. The number of esters is 1. The van der Waals surface area contributed by atoms with E-state index in [9.17, 15) is 9.59 Å². The Morgan fingerprint density at radius 2 is 1.96 bits per heavy atom. The summed E-state index contributed by atoms with van der Waals surface area (Å²) in [5.74, 6) is 0.964. The molecule has 2 heterocycles. The van der Waals surface area contributed by atoms with Crippen molar-refractivity contribution in [3.05, 3.63) is 41.3 Å². The zero-order chi connectivity index (χ0) is 19.3. The number of carbonyl (C=O) groups is 2. The highest BCUT2D eigenvalue weighted by molar-refractivity contribution is 8.00. The Morgan fingerprint density at radius 1 is 1.19 bits per heavy atom. The quantitative estimate of drug-likeness (QED) is 0.314. The summed E-state index contributed by atoms with van der Waals surface area (Å²) < 4.78 is 4.95. The largest absolute Gasteiger partial charge is 0.427 e. The van der Waals surface area contributed by atoms with Crippen LogP contribution in [0.5, 0.6) is 5.75 Å². The highest BCUT2D eigenvalue weighted by atomic mass is 32.2. The molecule has 0 radical (unpaired) electrons. The SMILES string of the molecule is CCC(=O)Oc1ccc(-c2ccc([C@@]3(CC(=O)NO)CCCCS3)s2)cc1. The second-order valence-corrected chi connectivity index (χ2v) is 9.09. The number of rotatable bonds is 6. The third-order valence-electron chi connectivity index (χ3n) is 4.64. The van der Waals surface area contributed by atoms with Crippen molar-refractivity contribution in [3.63, 3.8) is 0 Å². The number of hydrogen-bond acceptors (Lipinski definition) is 6. The molecule has 0 saturated carbocycles. The summed E-state index contributed by atoms with van der Waals surface area (Å²) in [5, 5.41) is 8.97. The Balaban J connectivity index is 1.81. The fourth-order valence-corrected chi connectivity index (χ4v) is 6.10. The molecule has 1 aromatic heterocycles. The zero-order valence-corrected chi connectivity index (χ0v) is 16.8. The highest BCUT2D eigenvalue weighted by Gasteiger charge is 2.38. The molecule has 0 bridgehead atoms. The topological polar surface area (TPSA) is 75.6 Å². The standard InChI is InChI=1S/C20H23NO4S2/c1-2-19(23)25-15-7-5-14(6-8-15)16-9-10-17(27-16)20(13-18(22)21-24)11-3-4-12-26-20/h5-10,24H,2-4,11-13H2,1H3,(H,21,22)/t20-/m0/s1. The van der Waals surface area contributed by atoms with Crippen LogP contribution in [-0.4, -0.2) is 22.8 Å². The molecule has 1 aliphatic rings. The number of carbonyl (C=O) groups excluding carboxylic acids is 2. The molecule has 7 heteroatoms. The van der Waals surface area contributed by atoms with Gasteiger partial charge in [0.2, 0.25) is 5.91 Å². The average Bonchev–Trinajstić information content (AvgIpc) is 3.20. The van der Waals surface area contributed by atoms with Gasteiger partial charge in [0.15, 0.2) is 0 Å². The minimum Gasteiger partial charge on any atom is -0.427 e. The molecule has 144 valence electrons. The number of thiophene rings is 1. The molecular weight excluding hydrogens is 382 g/mol. The van der Waals surface area contributed by atoms with Gasteiger partial charge in [-0.2, -0.15) is 0 Å². The summed E-state index contributed by atoms with van der Waals surface area (Å²) >= 11 is 3.49. The first-order valence-corrected chi connectivity index (χ1v) is 10.8. The third kappa shape index (κ3) is 4.72. The van der Waals surface area contributed by atoms with Crippen molar-refractivity contribution in [2.75, 3.05) is 5.75 Å². The number of hydrogen-bond donors (Lipinski definition) is 2. The van der Waals surface area contributed by atoms with Gasteiger partial charge in [0, 0.05) is 22.6 Å². The van der Waals surface area contributed by atoms with Gasteiger partial charge in [-0.1, -0.05) is 13.3 Å². The molecule has 1 amide bonds. The van der Waals surface area contributed by atoms with Crippen LogP contribution in [0.1, 0.15) is 43.9 Å². The Hall–Kier alpha value is -1.83. The van der Waals surface area contributed by atoms with Crippen LogP contribution < -0.4 is 10.2 Å². The van der Waals surface area contributed by atoms with Crippen molar-refractivity contribution in [2.24, 2.45) is 0 Å².